The number of nitrogens with zero attached hydrogens (tertiary/aromatic N) is 1. The average Bonchev–Trinajstić information content (AvgIpc) is 2.43. The summed E-state index contributed by atoms with van der Waals surface area (Å²) in [7, 11) is 1.98. The Bertz CT molecular complexity index is 389. The predicted molar refractivity (Wildman–Crippen MR) is 80.4 cm³/mol. The van der Waals surface area contributed by atoms with Gasteiger partial charge in [0.1, 0.15) is 6.04 Å². The molecule has 0 saturated carbocycles. The standard InChI is InChI=1S/C15H25N3O/c1-4-10-17-14(15(16)19)11-18(3)13-8-6-12(5-2)7-9-13/h6-9,14,17H,4-5,10-11H2,1-3H3,(H2,16,19). The maximum absolute atomic E-state index is 11.4. The zero-order valence-electron chi connectivity index (χ0n) is 12.1. The van der Waals surface area contributed by atoms with Gasteiger partial charge in [-0.15, -0.1) is 0 Å². The van der Waals surface area contributed by atoms with E-state index in [0.29, 0.717) is 6.54 Å². The van der Waals surface area contributed by atoms with Crippen molar-refractivity contribution >= 4 is 11.6 Å². The third kappa shape index (κ3) is 4.91. The molecule has 1 rings (SSSR count). The number of likely N-dealkylation sites (N-methyl/N-ethyl adjacent to an activating group) is 1. The number of rotatable bonds is 8. The van der Waals surface area contributed by atoms with Crippen LogP contribution in [0.4, 0.5) is 5.69 Å². The Morgan fingerprint density at radius 2 is 1.95 bits per heavy atom. The van der Waals surface area contributed by atoms with Gasteiger partial charge in [0.05, 0.1) is 0 Å². The van der Waals surface area contributed by atoms with Crippen LogP contribution < -0.4 is 16.0 Å². The van der Waals surface area contributed by atoms with Crippen LogP contribution in [0, 0.1) is 0 Å². The molecule has 1 aromatic carbocycles. The molecular formula is C15H25N3O. The summed E-state index contributed by atoms with van der Waals surface area (Å²) in [4.78, 5) is 13.5. The zero-order chi connectivity index (χ0) is 14.3. The molecule has 0 spiro atoms. The van der Waals surface area contributed by atoms with E-state index in [1.165, 1.54) is 5.56 Å². The predicted octanol–water partition coefficient (Wildman–Crippen LogP) is 1.54. The first kappa shape index (κ1) is 15.5. The van der Waals surface area contributed by atoms with Crippen molar-refractivity contribution in [2.45, 2.75) is 32.7 Å². The SMILES string of the molecule is CCCNC(CN(C)c1ccc(CC)cc1)C(N)=O. The van der Waals surface area contributed by atoms with Gasteiger partial charge in [0.15, 0.2) is 0 Å². The first-order valence-electron chi connectivity index (χ1n) is 6.91. The van der Waals surface area contributed by atoms with Gasteiger partial charge in [0, 0.05) is 19.3 Å². The number of amides is 1. The maximum atomic E-state index is 11.4. The minimum atomic E-state index is -0.309. The summed E-state index contributed by atoms with van der Waals surface area (Å²) >= 11 is 0. The minimum absolute atomic E-state index is 0.300. The zero-order valence-corrected chi connectivity index (χ0v) is 12.1. The van der Waals surface area contributed by atoms with Crippen molar-refractivity contribution in [1.82, 2.24) is 5.32 Å². The van der Waals surface area contributed by atoms with Crippen molar-refractivity contribution in [3.8, 4) is 0 Å². The molecule has 4 nitrogen and oxygen atoms in total. The number of carbonyl (C=O) groups is 1. The van der Waals surface area contributed by atoms with Crippen LogP contribution in [-0.4, -0.2) is 32.1 Å². The van der Waals surface area contributed by atoms with Crippen molar-refractivity contribution < 1.29 is 4.79 Å². The molecule has 1 unspecified atom stereocenters. The van der Waals surface area contributed by atoms with E-state index in [2.05, 4.69) is 48.3 Å². The van der Waals surface area contributed by atoms with Crippen molar-refractivity contribution in [3.63, 3.8) is 0 Å². The average molecular weight is 263 g/mol. The molecule has 0 heterocycles. The third-order valence-corrected chi connectivity index (χ3v) is 3.23. The van der Waals surface area contributed by atoms with E-state index in [1.54, 1.807) is 0 Å². The fraction of sp³-hybridized carbons (Fsp3) is 0.533. The number of hydrogen-bond donors (Lipinski definition) is 2. The van der Waals surface area contributed by atoms with Crippen molar-refractivity contribution in [3.05, 3.63) is 29.8 Å². The number of nitrogens with one attached hydrogen (secondary N) is 1. The number of nitrogens with two attached hydrogens (primary N) is 1. The van der Waals surface area contributed by atoms with Gasteiger partial charge in [0.2, 0.25) is 5.91 Å². The summed E-state index contributed by atoms with van der Waals surface area (Å²) in [5.74, 6) is -0.300. The molecule has 0 aromatic heterocycles. The van der Waals surface area contributed by atoms with Gasteiger partial charge in [-0.05, 0) is 37.1 Å². The summed E-state index contributed by atoms with van der Waals surface area (Å²) in [6.45, 7) is 5.59. The Labute approximate surface area is 116 Å². The Morgan fingerprint density at radius 3 is 2.42 bits per heavy atom. The van der Waals surface area contributed by atoms with E-state index < -0.39 is 0 Å². The summed E-state index contributed by atoms with van der Waals surface area (Å²) in [6.07, 6.45) is 2.02. The van der Waals surface area contributed by atoms with Crippen LogP contribution in [0.3, 0.4) is 0 Å². The van der Waals surface area contributed by atoms with Gasteiger partial charge in [0.25, 0.3) is 0 Å². The Balaban J connectivity index is 2.64. The van der Waals surface area contributed by atoms with Crippen molar-refractivity contribution in [1.29, 1.82) is 0 Å². The summed E-state index contributed by atoms with van der Waals surface area (Å²) < 4.78 is 0. The van der Waals surface area contributed by atoms with Gasteiger partial charge in [-0.3, -0.25) is 4.79 Å². The van der Waals surface area contributed by atoms with Crippen LogP contribution in [0.1, 0.15) is 25.8 Å². The first-order valence-corrected chi connectivity index (χ1v) is 6.91. The van der Waals surface area contributed by atoms with E-state index in [-0.39, 0.29) is 11.9 Å². The van der Waals surface area contributed by atoms with E-state index >= 15 is 0 Å². The van der Waals surface area contributed by atoms with Crippen LogP contribution in [0.2, 0.25) is 0 Å². The Kier molecular flexibility index (Phi) is 6.36. The van der Waals surface area contributed by atoms with E-state index in [4.69, 9.17) is 5.73 Å². The van der Waals surface area contributed by atoms with Gasteiger partial charge in [-0.25, -0.2) is 0 Å². The number of anilines is 1. The molecule has 0 aliphatic heterocycles. The highest BCUT2D eigenvalue weighted by molar-refractivity contribution is 5.80. The van der Waals surface area contributed by atoms with Gasteiger partial charge in [-0.1, -0.05) is 26.0 Å². The van der Waals surface area contributed by atoms with Gasteiger partial charge in [-0.2, -0.15) is 0 Å². The second kappa shape index (κ2) is 7.79. The molecular weight excluding hydrogens is 238 g/mol. The van der Waals surface area contributed by atoms with E-state index in [9.17, 15) is 4.79 Å². The maximum Gasteiger partial charge on any atom is 0.236 e. The quantitative estimate of drug-likeness (QED) is 0.748. The lowest BCUT2D eigenvalue weighted by Gasteiger charge is -2.25. The van der Waals surface area contributed by atoms with Crippen LogP contribution in [0.5, 0.6) is 0 Å². The van der Waals surface area contributed by atoms with Gasteiger partial charge < -0.3 is 16.0 Å². The lowest BCUT2D eigenvalue weighted by Crippen LogP contribution is -2.48. The molecule has 4 heteroatoms. The molecule has 1 atom stereocenters. The molecule has 0 radical (unpaired) electrons. The van der Waals surface area contributed by atoms with Gasteiger partial charge >= 0.3 is 0 Å². The van der Waals surface area contributed by atoms with Crippen LogP contribution in [0.25, 0.3) is 0 Å². The fourth-order valence-corrected chi connectivity index (χ4v) is 1.94. The minimum Gasteiger partial charge on any atom is -0.372 e. The molecule has 0 aliphatic rings. The largest absolute Gasteiger partial charge is 0.372 e. The third-order valence-electron chi connectivity index (χ3n) is 3.23. The summed E-state index contributed by atoms with van der Waals surface area (Å²) in [6, 6.07) is 8.08. The van der Waals surface area contributed by atoms with E-state index in [0.717, 1.165) is 25.1 Å². The molecule has 0 fully saturated rings. The molecule has 0 bridgehead atoms. The highest BCUT2D eigenvalue weighted by Crippen LogP contribution is 2.14. The Morgan fingerprint density at radius 1 is 1.32 bits per heavy atom. The number of aryl methyl sites for hydroxylation is 1. The number of carbonyl (C=O) groups excluding carboxylic acids is 1. The highest BCUT2D eigenvalue weighted by atomic mass is 16.1. The lowest BCUT2D eigenvalue weighted by atomic mass is 10.1. The summed E-state index contributed by atoms with van der Waals surface area (Å²) in [5.41, 5.74) is 7.83. The molecule has 1 aromatic rings. The molecule has 0 saturated heterocycles. The molecule has 0 aliphatic carbocycles. The molecule has 19 heavy (non-hydrogen) atoms. The first-order chi connectivity index (χ1) is 9.08. The fourth-order valence-electron chi connectivity index (χ4n) is 1.94. The molecule has 106 valence electrons. The molecule has 3 N–H and O–H groups in total. The number of hydrogen-bond acceptors (Lipinski definition) is 3. The second-order valence-corrected chi connectivity index (χ2v) is 4.81. The monoisotopic (exact) mass is 263 g/mol. The van der Waals surface area contributed by atoms with Crippen LogP contribution in [-0.2, 0) is 11.2 Å². The van der Waals surface area contributed by atoms with Crippen LogP contribution in [0.15, 0.2) is 24.3 Å². The smallest absolute Gasteiger partial charge is 0.236 e. The highest BCUT2D eigenvalue weighted by Gasteiger charge is 2.16. The second-order valence-electron chi connectivity index (χ2n) is 4.81. The Hall–Kier alpha value is -1.55. The normalized spacial score (nSPS) is 12.2. The lowest BCUT2D eigenvalue weighted by molar-refractivity contribution is -0.119. The molecule has 1 amide bonds. The van der Waals surface area contributed by atoms with E-state index in [1.807, 2.05) is 7.05 Å². The topological polar surface area (TPSA) is 58.4 Å². The number of benzene rings is 1. The summed E-state index contributed by atoms with van der Waals surface area (Å²) in [5, 5.41) is 3.18. The van der Waals surface area contributed by atoms with Crippen LogP contribution >= 0.6 is 0 Å². The van der Waals surface area contributed by atoms with Crippen molar-refractivity contribution in [2.75, 3.05) is 25.0 Å². The van der Waals surface area contributed by atoms with Crippen molar-refractivity contribution in [2.24, 2.45) is 5.73 Å². The number of primary amides is 1.